The molecule has 1 aromatic carbocycles. The summed E-state index contributed by atoms with van der Waals surface area (Å²) in [5.74, 6) is 0.429. The van der Waals surface area contributed by atoms with E-state index in [1.165, 1.54) is 0 Å². The van der Waals surface area contributed by atoms with Crippen LogP contribution in [0.4, 0.5) is 11.5 Å². The molecule has 1 amide bonds. The lowest BCUT2D eigenvalue weighted by atomic mass is 10.1. The molecule has 1 aromatic heterocycles. The van der Waals surface area contributed by atoms with Crippen molar-refractivity contribution in [3.8, 4) is 0 Å². The van der Waals surface area contributed by atoms with E-state index < -0.39 is 0 Å². The molecule has 0 aliphatic rings. The quantitative estimate of drug-likeness (QED) is 0.698. The van der Waals surface area contributed by atoms with Crippen LogP contribution >= 0.6 is 0 Å². The van der Waals surface area contributed by atoms with Crippen molar-refractivity contribution in [2.45, 2.75) is 13.3 Å². The third-order valence-corrected chi connectivity index (χ3v) is 2.29. The molecule has 0 fully saturated rings. The van der Waals surface area contributed by atoms with Crippen LogP contribution in [0.3, 0.4) is 0 Å². The predicted octanol–water partition coefficient (Wildman–Crippen LogP) is 1.48. The minimum absolute atomic E-state index is 0.109. The van der Waals surface area contributed by atoms with Crippen molar-refractivity contribution in [1.82, 2.24) is 10.2 Å². The summed E-state index contributed by atoms with van der Waals surface area (Å²) in [6, 6.07) is 9.05. The number of nitrogen functional groups attached to an aromatic ring is 1. The van der Waals surface area contributed by atoms with Crippen LogP contribution in [0.25, 0.3) is 0 Å². The van der Waals surface area contributed by atoms with Gasteiger partial charge in [0.15, 0.2) is 5.82 Å². The first kappa shape index (κ1) is 11.2. The fraction of sp³-hybridized carbons (Fsp3) is 0.167. The Morgan fingerprint density at radius 1 is 1.47 bits per heavy atom. The number of aromatic amines is 1. The lowest BCUT2D eigenvalue weighted by Gasteiger charge is -2.02. The zero-order valence-electron chi connectivity index (χ0n) is 9.53. The second-order valence-corrected chi connectivity index (χ2v) is 3.91. The second-order valence-electron chi connectivity index (χ2n) is 3.91. The van der Waals surface area contributed by atoms with Gasteiger partial charge in [0.1, 0.15) is 0 Å². The third-order valence-electron chi connectivity index (χ3n) is 2.29. The normalized spacial score (nSPS) is 10.2. The summed E-state index contributed by atoms with van der Waals surface area (Å²) in [6.07, 6.45) is 0.289. The summed E-state index contributed by atoms with van der Waals surface area (Å²) < 4.78 is 0. The fourth-order valence-corrected chi connectivity index (χ4v) is 1.56. The first-order chi connectivity index (χ1) is 8.13. The number of H-pyrrole nitrogens is 1. The summed E-state index contributed by atoms with van der Waals surface area (Å²) in [5, 5.41) is 9.40. The summed E-state index contributed by atoms with van der Waals surface area (Å²) in [7, 11) is 0. The molecule has 0 bridgehead atoms. The average Bonchev–Trinajstić information content (AvgIpc) is 2.63. The van der Waals surface area contributed by atoms with Crippen LogP contribution < -0.4 is 11.1 Å². The van der Waals surface area contributed by atoms with Crippen LogP contribution in [0.15, 0.2) is 30.3 Å². The molecule has 5 heteroatoms. The number of hydrogen-bond acceptors (Lipinski definition) is 3. The van der Waals surface area contributed by atoms with Gasteiger partial charge in [-0.05, 0) is 24.6 Å². The van der Waals surface area contributed by atoms with Gasteiger partial charge < -0.3 is 11.1 Å². The van der Waals surface area contributed by atoms with Crippen molar-refractivity contribution in [1.29, 1.82) is 0 Å². The Labute approximate surface area is 99.0 Å². The maximum atomic E-state index is 11.7. The van der Waals surface area contributed by atoms with Crippen LogP contribution in [0.2, 0.25) is 0 Å². The summed E-state index contributed by atoms with van der Waals surface area (Å²) >= 11 is 0. The molecule has 0 atom stereocenters. The lowest BCUT2D eigenvalue weighted by Crippen LogP contribution is -2.14. The van der Waals surface area contributed by atoms with Crippen molar-refractivity contribution in [2.75, 3.05) is 11.1 Å². The number of anilines is 2. The zero-order chi connectivity index (χ0) is 12.3. The SMILES string of the molecule is Cc1cc(NC(=O)Cc2cccc(N)c2)n[nH]1. The predicted molar refractivity (Wildman–Crippen MR) is 66.5 cm³/mol. The number of nitrogens with one attached hydrogen (secondary N) is 2. The topological polar surface area (TPSA) is 83.8 Å². The van der Waals surface area contributed by atoms with E-state index in [9.17, 15) is 4.79 Å². The minimum Gasteiger partial charge on any atom is -0.399 e. The van der Waals surface area contributed by atoms with Crippen molar-refractivity contribution >= 4 is 17.4 Å². The van der Waals surface area contributed by atoms with Crippen LogP contribution in [0.1, 0.15) is 11.3 Å². The van der Waals surface area contributed by atoms with Gasteiger partial charge in [0.05, 0.1) is 6.42 Å². The van der Waals surface area contributed by atoms with Crippen molar-refractivity contribution in [3.05, 3.63) is 41.6 Å². The van der Waals surface area contributed by atoms with Gasteiger partial charge in [0.2, 0.25) is 5.91 Å². The van der Waals surface area contributed by atoms with E-state index in [0.29, 0.717) is 11.5 Å². The van der Waals surface area contributed by atoms with E-state index in [4.69, 9.17) is 5.73 Å². The minimum atomic E-state index is -0.109. The standard InChI is InChI=1S/C12H14N4O/c1-8-5-11(16-15-8)14-12(17)7-9-3-2-4-10(13)6-9/h2-6H,7,13H2,1H3,(H2,14,15,16,17). The molecule has 0 saturated heterocycles. The van der Waals surface area contributed by atoms with Gasteiger partial charge >= 0.3 is 0 Å². The number of aryl methyl sites for hydroxylation is 1. The first-order valence-corrected chi connectivity index (χ1v) is 5.30. The molecule has 0 spiro atoms. The number of rotatable bonds is 3. The average molecular weight is 230 g/mol. The Morgan fingerprint density at radius 3 is 2.94 bits per heavy atom. The number of amides is 1. The number of benzene rings is 1. The Balaban J connectivity index is 1.98. The Hall–Kier alpha value is -2.30. The molecule has 17 heavy (non-hydrogen) atoms. The molecule has 5 nitrogen and oxygen atoms in total. The number of carbonyl (C=O) groups excluding carboxylic acids is 1. The lowest BCUT2D eigenvalue weighted by molar-refractivity contribution is -0.115. The number of nitrogens with zero attached hydrogens (tertiary/aromatic N) is 1. The second kappa shape index (κ2) is 4.69. The van der Waals surface area contributed by atoms with E-state index in [1.54, 1.807) is 18.2 Å². The van der Waals surface area contributed by atoms with Crippen molar-refractivity contribution in [3.63, 3.8) is 0 Å². The van der Waals surface area contributed by atoms with Gasteiger partial charge in [-0.2, -0.15) is 5.10 Å². The highest BCUT2D eigenvalue weighted by molar-refractivity contribution is 5.91. The van der Waals surface area contributed by atoms with E-state index in [0.717, 1.165) is 11.3 Å². The molecule has 0 unspecified atom stereocenters. The molecule has 2 aromatic rings. The Kier molecular flexibility index (Phi) is 3.09. The van der Waals surface area contributed by atoms with Crippen LogP contribution in [-0.2, 0) is 11.2 Å². The smallest absolute Gasteiger partial charge is 0.229 e. The van der Waals surface area contributed by atoms with Gasteiger partial charge in [-0.1, -0.05) is 12.1 Å². The van der Waals surface area contributed by atoms with Gasteiger partial charge in [0, 0.05) is 17.4 Å². The van der Waals surface area contributed by atoms with E-state index >= 15 is 0 Å². The molecule has 0 aliphatic carbocycles. The largest absolute Gasteiger partial charge is 0.399 e. The molecular weight excluding hydrogens is 216 g/mol. The van der Waals surface area contributed by atoms with Gasteiger partial charge in [-0.15, -0.1) is 0 Å². The molecular formula is C12H14N4O. The zero-order valence-corrected chi connectivity index (χ0v) is 9.53. The monoisotopic (exact) mass is 230 g/mol. The van der Waals surface area contributed by atoms with Crippen LogP contribution in [0, 0.1) is 6.92 Å². The highest BCUT2D eigenvalue weighted by Gasteiger charge is 2.06. The van der Waals surface area contributed by atoms with Crippen LogP contribution in [0.5, 0.6) is 0 Å². The number of nitrogens with two attached hydrogens (primary N) is 1. The molecule has 2 rings (SSSR count). The number of aromatic nitrogens is 2. The molecule has 1 heterocycles. The highest BCUT2D eigenvalue weighted by Crippen LogP contribution is 2.09. The molecule has 0 radical (unpaired) electrons. The maximum absolute atomic E-state index is 11.7. The molecule has 88 valence electrons. The van der Waals surface area contributed by atoms with Gasteiger partial charge in [-0.25, -0.2) is 0 Å². The Bertz CT molecular complexity index is 533. The van der Waals surface area contributed by atoms with Crippen molar-refractivity contribution < 1.29 is 4.79 Å². The van der Waals surface area contributed by atoms with E-state index in [1.807, 2.05) is 19.1 Å². The highest BCUT2D eigenvalue weighted by atomic mass is 16.1. The molecule has 0 aliphatic heterocycles. The van der Waals surface area contributed by atoms with Crippen molar-refractivity contribution in [2.24, 2.45) is 0 Å². The van der Waals surface area contributed by atoms with Crippen LogP contribution in [-0.4, -0.2) is 16.1 Å². The molecule has 0 saturated carbocycles. The molecule has 4 N–H and O–H groups in total. The Morgan fingerprint density at radius 2 is 2.29 bits per heavy atom. The van der Waals surface area contributed by atoms with Gasteiger partial charge in [0.25, 0.3) is 0 Å². The van der Waals surface area contributed by atoms with E-state index in [2.05, 4.69) is 15.5 Å². The number of carbonyl (C=O) groups is 1. The summed E-state index contributed by atoms with van der Waals surface area (Å²) in [6.45, 7) is 1.88. The number of hydrogen-bond donors (Lipinski definition) is 3. The van der Waals surface area contributed by atoms with Gasteiger partial charge in [-0.3, -0.25) is 9.89 Å². The summed E-state index contributed by atoms with van der Waals surface area (Å²) in [4.78, 5) is 11.7. The fourth-order valence-electron chi connectivity index (χ4n) is 1.56. The third kappa shape index (κ3) is 3.07. The van der Waals surface area contributed by atoms with E-state index in [-0.39, 0.29) is 12.3 Å². The maximum Gasteiger partial charge on any atom is 0.229 e. The summed E-state index contributed by atoms with van der Waals surface area (Å²) in [5.41, 5.74) is 8.09. The first-order valence-electron chi connectivity index (χ1n) is 5.30.